The normalized spacial score (nSPS) is 18.5. The molecule has 2 aromatic rings. The van der Waals surface area contributed by atoms with Crippen LogP contribution in [0.2, 0.25) is 0 Å². The maximum Gasteiger partial charge on any atom is 0.407 e. The number of likely N-dealkylation sites (N-methyl/N-ethyl adjacent to an activating group) is 1. The maximum absolute atomic E-state index is 12.9. The van der Waals surface area contributed by atoms with E-state index in [4.69, 9.17) is 4.74 Å². The molecule has 7 nitrogen and oxygen atoms in total. The number of carbonyl (C=O) groups is 3. The van der Waals surface area contributed by atoms with Crippen molar-refractivity contribution >= 4 is 18.0 Å². The van der Waals surface area contributed by atoms with Crippen molar-refractivity contribution in [3.05, 3.63) is 59.7 Å². The molecule has 184 valence electrons. The zero-order valence-corrected chi connectivity index (χ0v) is 20.0. The van der Waals surface area contributed by atoms with Gasteiger partial charge in [0.05, 0.1) is 0 Å². The molecular formula is C28H32N2O5. The van der Waals surface area contributed by atoms with Gasteiger partial charge in [-0.05, 0) is 66.2 Å². The first kappa shape index (κ1) is 23.4. The number of carboxylic acids is 1. The molecular weight excluding hydrogens is 444 g/mol. The molecule has 0 bridgehead atoms. The van der Waals surface area contributed by atoms with Crippen molar-refractivity contribution in [2.24, 2.45) is 11.8 Å². The van der Waals surface area contributed by atoms with Crippen molar-refractivity contribution in [1.29, 1.82) is 0 Å². The van der Waals surface area contributed by atoms with E-state index >= 15 is 0 Å². The number of hydrogen-bond acceptors (Lipinski definition) is 4. The Labute approximate surface area is 205 Å². The monoisotopic (exact) mass is 476 g/mol. The lowest BCUT2D eigenvalue weighted by atomic mass is 9.75. The predicted molar refractivity (Wildman–Crippen MR) is 131 cm³/mol. The number of nitrogens with zero attached hydrogens (tertiary/aromatic N) is 1. The first-order valence-corrected chi connectivity index (χ1v) is 12.5. The third kappa shape index (κ3) is 4.40. The van der Waals surface area contributed by atoms with Gasteiger partial charge in [-0.15, -0.1) is 0 Å². The maximum atomic E-state index is 12.9. The van der Waals surface area contributed by atoms with Crippen LogP contribution in [0.4, 0.5) is 4.79 Å². The summed E-state index contributed by atoms with van der Waals surface area (Å²) in [6, 6.07) is 16.4. The molecule has 1 unspecified atom stereocenters. The molecule has 2 aromatic carbocycles. The van der Waals surface area contributed by atoms with Crippen molar-refractivity contribution < 1.29 is 24.2 Å². The number of benzene rings is 2. The molecule has 3 aliphatic carbocycles. The summed E-state index contributed by atoms with van der Waals surface area (Å²) in [6.07, 6.45) is 3.61. The molecule has 0 radical (unpaired) electrons. The summed E-state index contributed by atoms with van der Waals surface area (Å²) in [7, 11) is 1.60. The van der Waals surface area contributed by atoms with Crippen LogP contribution in [0.25, 0.3) is 11.1 Å². The van der Waals surface area contributed by atoms with Crippen LogP contribution in [0.1, 0.15) is 55.6 Å². The van der Waals surface area contributed by atoms with Crippen molar-refractivity contribution in [3.8, 4) is 11.1 Å². The highest BCUT2D eigenvalue weighted by atomic mass is 16.5. The molecule has 5 rings (SSSR count). The van der Waals surface area contributed by atoms with Gasteiger partial charge in [0.2, 0.25) is 5.91 Å². The molecule has 0 heterocycles. The number of alkyl carbamates (subject to hydrolysis) is 1. The van der Waals surface area contributed by atoms with Gasteiger partial charge >= 0.3 is 12.1 Å². The van der Waals surface area contributed by atoms with E-state index in [0.29, 0.717) is 25.3 Å². The van der Waals surface area contributed by atoms with E-state index in [1.54, 1.807) is 7.05 Å². The fourth-order valence-corrected chi connectivity index (χ4v) is 5.64. The van der Waals surface area contributed by atoms with Crippen LogP contribution < -0.4 is 5.32 Å². The molecule has 35 heavy (non-hydrogen) atoms. The number of nitrogens with one attached hydrogen (secondary N) is 1. The first-order chi connectivity index (χ1) is 16.9. The van der Waals surface area contributed by atoms with Gasteiger partial charge in [-0.25, -0.2) is 9.59 Å². The molecule has 0 aromatic heterocycles. The van der Waals surface area contributed by atoms with E-state index < -0.39 is 17.6 Å². The fourth-order valence-electron chi connectivity index (χ4n) is 5.64. The predicted octanol–water partition coefficient (Wildman–Crippen LogP) is 4.41. The Kier molecular flexibility index (Phi) is 6.26. The van der Waals surface area contributed by atoms with Crippen LogP contribution in [-0.2, 0) is 14.3 Å². The number of rotatable bonds is 9. The largest absolute Gasteiger partial charge is 0.479 e. The summed E-state index contributed by atoms with van der Waals surface area (Å²) in [4.78, 5) is 38.7. The number of hydrogen-bond donors (Lipinski definition) is 2. The van der Waals surface area contributed by atoms with Crippen molar-refractivity contribution in [1.82, 2.24) is 10.2 Å². The lowest BCUT2D eigenvalue weighted by Crippen LogP contribution is -2.60. The van der Waals surface area contributed by atoms with Gasteiger partial charge in [0, 0.05) is 25.9 Å². The molecule has 2 saturated carbocycles. The number of ether oxygens (including phenoxy) is 1. The van der Waals surface area contributed by atoms with Crippen LogP contribution >= 0.6 is 0 Å². The van der Waals surface area contributed by atoms with E-state index in [9.17, 15) is 19.5 Å². The first-order valence-electron chi connectivity index (χ1n) is 12.5. The Hall–Kier alpha value is -3.35. The van der Waals surface area contributed by atoms with Crippen LogP contribution in [-0.4, -0.2) is 53.7 Å². The van der Waals surface area contributed by atoms with Crippen LogP contribution in [0, 0.1) is 11.8 Å². The topological polar surface area (TPSA) is 95.9 Å². The van der Waals surface area contributed by atoms with Crippen molar-refractivity contribution in [3.63, 3.8) is 0 Å². The SMILES string of the molecule is CN(C(=O)CC(CNC(=O)OCC1c2ccccc2-c2ccccc21)C1CC1)C1(C(=O)O)CCC1. The Morgan fingerprint density at radius 2 is 1.66 bits per heavy atom. The highest BCUT2D eigenvalue weighted by Gasteiger charge is 2.50. The van der Waals surface area contributed by atoms with Crippen LogP contribution in [0.3, 0.4) is 0 Å². The number of aliphatic carboxylic acids is 1. The minimum Gasteiger partial charge on any atom is -0.479 e. The lowest BCUT2D eigenvalue weighted by molar-refractivity contribution is -0.164. The molecule has 0 saturated heterocycles. The minimum absolute atomic E-state index is 0.00251. The van der Waals surface area contributed by atoms with Gasteiger partial charge in [-0.3, -0.25) is 4.79 Å². The molecule has 1 atom stereocenters. The summed E-state index contributed by atoms with van der Waals surface area (Å²) in [5.74, 6) is -0.741. The third-order valence-electron chi connectivity index (χ3n) is 8.17. The molecule has 3 aliphatic rings. The third-order valence-corrected chi connectivity index (χ3v) is 8.17. The van der Waals surface area contributed by atoms with Crippen molar-refractivity contribution in [2.75, 3.05) is 20.2 Å². The second-order valence-corrected chi connectivity index (χ2v) is 10.2. The van der Waals surface area contributed by atoms with Gasteiger partial charge in [0.25, 0.3) is 0 Å². The number of amides is 2. The Balaban J connectivity index is 1.16. The number of fused-ring (bicyclic) bond motifs is 3. The summed E-state index contributed by atoms with van der Waals surface area (Å²) in [5.41, 5.74) is 3.62. The van der Waals surface area contributed by atoms with E-state index in [1.807, 2.05) is 24.3 Å². The van der Waals surface area contributed by atoms with E-state index in [1.165, 1.54) is 16.0 Å². The summed E-state index contributed by atoms with van der Waals surface area (Å²) < 4.78 is 5.63. The molecule has 2 fully saturated rings. The van der Waals surface area contributed by atoms with E-state index in [0.717, 1.165) is 30.4 Å². The highest BCUT2D eigenvalue weighted by molar-refractivity contribution is 5.88. The lowest BCUT2D eigenvalue weighted by Gasteiger charge is -2.45. The molecule has 7 heteroatoms. The van der Waals surface area contributed by atoms with Gasteiger partial charge in [0.1, 0.15) is 12.1 Å². The second-order valence-electron chi connectivity index (χ2n) is 10.2. The quantitative estimate of drug-likeness (QED) is 0.559. The van der Waals surface area contributed by atoms with Gasteiger partial charge < -0.3 is 20.1 Å². The van der Waals surface area contributed by atoms with Gasteiger partial charge in [0.15, 0.2) is 0 Å². The Morgan fingerprint density at radius 1 is 1.06 bits per heavy atom. The molecule has 2 N–H and O–H groups in total. The van der Waals surface area contributed by atoms with E-state index in [-0.39, 0.29) is 30.8 Å². The smallest absolute Gasteiger partial charge is 0.407 e. The minimum atomic E-state index is -1.06. The van der Waals surface area contributed by atoms with Gasteiger partial charge in [-0.1, -0.05) is 48.5 Å². The molecule has 2 amide bonds. The van der Waals surface area contributed by atoms with Crippen LogP contribution in [0.5, 0.6) is 0 Å². The van der Waals surface area contributed by atoms with Crippen LogP contribution in [0.15, 0.2) is 48.5 Å². The molecule has 0 aliphatic heterocycles. The van der Waals surface area contributed by atoms with Gasteiger partial charge in [-0.2, -0.15) is 0 Å². The average Bonchev–Trinajstić information content (AvgIpc) is 3.62. The zero-order valence-electron chi connectivity index (χ0n) is 20.0. The Bertz CT molecular complexity index is 1090. The van der Waals surface area contributed by atoms with Crippen molar-refractivity contribution in [2.45, 2.75) is 50.0 Å². The summed E-state index contributed by atoms with van der Waals surface area (Å²) >= 11 is 0. The summed E-state index contributed by atoms with van der Waals surface area (Å²) in [6.45, 7) is 0.595. The summed E-state index contributed by atoms with van der Waals surface area (Å²) in [5, 5.41) is 12.5. The molecule has 0 spiro atoms. The average molecular weight is 477 g/mol. The Morgan fingerprint density at radius 3 is 2.17 bits per heavy atom. The number of carbonyl (C=O) groups excluding carboxylic acids is 2. The number of carboxylic acid groups (broad SMARTS) is 1. The second kappa shape index (κ2) is 9.36. The van der Waals surface area contributed by atoms with E-state index in [2.05, 4.69) is 29.6 Å². The fraction of sp³-hybridized carbons (Fsp3) is 0.464. The highest BCUT2D eigenvalue weighted by Crippen LogP contribution is 2.45. The standard InChI is InChI=1S/C28H32N2O5/c1-30(28(26(32)33)13-6-14-28)25(31)15-19(18-11-12-18)16-29-27(34)35-17-24-22-9-4-2-7-20(22)21-8-3-5-10-23(21)24/h2-5,7-10,18-19,24H,6,11-17H2,1H3,(H,29,34)(H,32,33). The zero-order chi connectivity index (χ0) is 24.6.